The molecule has 1 N–H and O–H groups in total. The molecule has 0 radical (unpaired) electrons. The molecule has 0 fully saturated rings. The van der Waals surface area contributed by atoms with Crippen molar-refractivity contribution in [1.82, 2.24) is 15.2 Å². The summed E-state index contributed by atoms with van der Waals surface area (Å²) in [6.45, 7) is 0. The van der Waals surface area contributed by atoms with E-state index in [0.29, 0.717) is 5.95 Å². The van der Waals surface area contributed by atoms with E-state index in [0.717, 1.165) is 5.56 Å². The Morgan fingerprint density at radius 1 is 1.04 bits per heavy atom. The van der Waals surface area contributed by atoms with Crippen molar-refractivity contribution >= 4 is 22.3 Å². The number of hydrogen-bond donors (Lipinski definition) is 1. The van der Waals surface area contributed by atoms with Crippen molar-refractivity contribution in [2.24, 2.45) is 4.99 Å². The Labute approximate surface area is 132 Å². The minimum atomic E-state index is -3.83. The summed E-state index contributed by atoms with van der Waals surface area (Å²) in [4.78, 5) is 8.04. The lowest BCUT2D eigenvalue weighted by atomic mass is 10.2. The lowest BCUT2D eigenvalue weighted by Crippen LogP contribution is -2.09. The molecule has 0 aliphatic heterocycles. The summed E-state index contributed by atoms with van der Waals surface area (Å²) in [5.74, 6) is 0.614. The highest BCUT2D eigenvalue weighted by atomic mass is 32.2. The quantitative estimate of drug-likeness (QED) is 0.572. The van der Waals surface area contributed by atoms with Gasteiger partial charge in [-0.2, -0.15) is 18.5 Å². The number of H-pyrrole nitrogens is 1. The summed E-state index contributed by atoms with van der Waals surface area (Å²) in [5.41, 5.74) is 0.769. The summed E-state index contributed by atoms with van der Waals surface area (Å²) >= 11 is 0. The van der Waals surface area contributed by atoms with Gasteiger partial charge in [-0.1, -0.05) is 18.2 Å². The molecule has 3 rings (SSSR count). The maximum absolute atomic E-state index is 12.1. The summed E-state index contributed by atoms with van der Waals surface area (Å²) in [5, 5.41) is 6.29. The van der Waals surface area contributed by atoms with Crippen molar-refractivity contribution in [3.05, 3.63) is 66.5 Å². The monoisotopic (exact) mass is 328 g/mol. The normalized spacial score (nSPS) is 11.7. The van der Waals surface area contributed by atoms with Crippen LogP contribution >= 0.6 is 0 Å². The summed E-state index contributed by atoms with van der Waals surface area (Å²) in [7, 11) is -3.83. The number of nitrogens with zero attached hydrogens (tertiary/aromatic N) is 3. The molecular weight excluding hydrogens is 316 g/mol. The molecule has 0 bridgehead atoms. The first kappa shape index (κ1) is 14.9. The minimum Gasteiger partial charge on any atom is -0.379 e. The largest absolute Gasteiger partial charge is 0.379 e. The molecule has 0 saturated heterocycles. The van der Waals surface area contributed by atoms with Gasteiger partial charge in [0.05, 0.1) is 0 Å². The van der Waals surface area contributed by atoms with Crippen molar-refractivity contribution in [3.63, 3.8) is 0 Å². The van der Waals surface area contributed by atoms with E-state index in [1.807, 2.05) is 0 Å². The van der Waals surface area contributed by atoms with Gasteiger partial charge in [0.1, 0.15) is 17.0 Å². The molecule has 0 spiro atoms. The minimum absolute atomic E-state index is 0.107. The van der Waals surface area contributed by atoms with E-state index in [4.69, 9.17) is 4.18 Å². The molecule has 0 saturated carbocycles. The molecule has 0 amide bonds. The van der Waals surface area contributed by atoms with Gasteiger partial charge in [-0.05, 0) is 42.0 Å². The van der Waals surface area contributed by atoms with Crippen LogP contribution in [0.5, 0.6) is 5.75 Å². The third kappa shape index (κ3) is 3.80. The van der Waals surface area contributed by atoms with E-state index < -0.39 is 10.1 Å². The van der Waals surface area contributed by atoms with Crippen LogP contribution in [-0.4, -0.2) is 29.8 Å². The van der Waals surface area contributed by atoms with E-state index in [1.165, 1.54) is 18.5 Å². The van der Waals surface area contributed by atoms with Crippen molar-refractivity contribution in [3.8, 4) is 5.75 Å². The van der Waals surface area contributed by atoms with Crippen LogP contribution in [0.2, 0.25) is 0 Å². The molecule has 1 aromatic heterocycles. The predicted molar refractivity (Wildman–Crippen MR) is 84.3 cm³/mol. The standard InChI is InChI=1S/C15H12N4O3S/c20-23(21,14-4-2-1-3-5-14)22-13-8-6-12(7-9-13)10-16-15-17-11-18-19-15/h1-11H,(H,17,18,19). The van der Waals surface area contributed by atoms with Crippen molar-refractivity contribution in [1.29, 1.82) is 0 Å². The molecule has 0 unspecified atom stereocenters. The van der Waals surface area contributed by atoms with Crippen LogP contribution in [0, 0.1) is 0 Å². The van der Waals surface area contributed by atoms with Gasteiger partial charge in [-0.15, -0.1) is 0 Å². The molecule has 116 valence electrons. The number of hydrogen-bond acceptors (Lipinski definition) is 6. The van der Waals surface area contributed by atoms with Gasteiger partial charge in [0.2, 0.25) is 5.95 Å². The SMILES string of the molecule is O=S(=O)(Oc1ccc(C=Nc2ncn[nH]2)cc1)c1ccccc1. The third-order valence-corrected chi connectivity index (χ3v) is 4.12. The zero-order chi connectivity index (χ0) is 16.1. The number of nitrogens with one attached hydrogen (secondary N) is 1. The second-order valence-electron chi connectivity index (χ2n) is 4.49. The van der Waals surface area contributed by atoms with E-state index in [9.17, 15) is 8.42 Å². The van der Waals surface area contributed by atoms with Gasteiger partial charge in [-0.25, -0.2) is 10.1 Å². The first-order valence-electron chi connectivity index (χ1n) is 6.62. The molecule has 0 aliphatic carbocycles. The highest BCUT2D eigenvalue weighted by Gasteiger charge is 2.15. The predicted octanol–water partition coefficient (Wildman–Crippen LogP) is 2.32. The van der Waals surface area contributed by atoms with Crippen LogP contribution in [0.25, 0.3) is 0 Å². The smallest absolute Gasteiger partial charge is 0.339 e. The average molecular weight is 328 g/mol. The van der Waals surface area contributed by atoms with Crippen LogP contribution < -0.4 is 4.18 Å². The fourth-order valence-corrected chi connectivity index (χ4v) is 2.72. The summed E-state index contributed by atoms with van der Waals surface area (Å²) < 4.78 is 29.3. The van der Waals surface area contributed by atoms with Crippen LogP contribution in [0.3, 0.4) is 0 Å². The van der Waals surface area contributed by atoms with E-state index in [-0.39, 0.29) is 10.6 Å². The molecular formula is C15H12N4O3S. The molecule has 7 nitrogen and oxygen atoms in total. The summed E-state index contributed by atoms with van der Waals surface area (Å²) in [6, 6.07) is 14.5. The van der Waals surface area contributed by atoms with Gasteiger partial charge in [0.25, 0.3) is 0 Å². The Bertz CT molecular complexity index is 890. The fourth-order valence-electron chi connectivity index (χ4n) is 1.77. The van der Waals surface area contributed by atoms with Crippen LogP contribution in [0.1, 0.15) is 5.56 Å². The first-order valence-corrected chi connectivity index (χ1v) is 8.03. The molecule has 23 heavy (non-hydrogen) atoms. The summed E-state index contributed by atoms with van der Waals surface area (Å²) in [6.07, 6.45) is 2.94. The van der Waals surface area contributed by atoms with Gasteiger partial charge < -0.3 is 4.18 Å². The Balaban J connectivity index is 1.73. The maximum atomic E-state index is 12.1. The zero-order valence-electron chi connectivity index (χ0n) is 11.8. The van der Waals surface area contributed by atoms with Gasteiger partial charge in [0, 0.05) is 6.21 Å². The Morgan fingerprint density at radius 2 is 1.78 bits per heavy atom. The van der Waals surface area contributed by atoms with Crippen molar-refractivity contribution < 1.29 is 12.6 Å². The number of aliphatic imine (C=N–C) groups is 1. The molecule has 2 aromatic carbocycles. The number of benzene rings is 2. The van der Waals surface area contributed by atoms with E-state index in [1.54, 1.807) is 48.7 Å². The van der Waals surface area contributed by atoms with Gasteiger partial charge in [-0.3, -0.25) is 0 Å². The van der Waals surface area contributed by atoms with Gasteiger partial charge in [0.15, 0.2) is 0 Å². The topological polar surface area (TPSA) is 97.3 Å². The lowest BCUT2D eigenvalue weighted by molar-refractivity contribution is 0.486. The highest BCUT2D eigenvalue weighted by molar-refractivity contribution is 7.87. The maximum Gasteiger partial charge on any atom is 0.339 e. The number of aromatic amines is 1. The Kier molecular flexibility index (Phi) is 4.15. The van der Waals surface area contributed by atoms with Gasteiger partial charge >= 0.3 is 10.1 Å². The van der Waals surface area contributed by atoms with Crippen LogP contribution in [-0.2, 0) is 10.1 Å². The average Bonchev–Trinajstić information content (AvgIpc) is 3.08. The molecule has 1 heterocycles. The lowest BCUT2D eigenvalue weighted by Gasteiger charge is -2.06. The van der Waals surface area contributed by atoms with Crippen LogP contribution in [0.15, 0.2) is 70.8 Å². The molecule has 3 aromatic rings. The van der Waals surface area contributed by atoms with E-state index >= 15 is 0 Å². The second kappa shape index (κ2) is 6.41. The second-order valence-corrected chi connectivity index (χ2v) is 6.03. The molecule has 8 heteroatoms. The van der Waals surface area contributed by atoms with Crippen molar-refractivity contribution in [2.75, 3.05) is 0 Å². The highest BCUT2D eigenvalue weighted by Crippen LogP contribution is 2.18. The first-order chi connectivity index (χ1) is 11.1. The number of rotatable bonds is 5. The third-order valence-electron chi connectivity index (χ3n) is 2.86. The zero-order valence-corrected chi connectivity index (χ0v) is 12.6. The van der Waals surface area contributed by atoms with Crippen molar-refractivity contribution in [2.45, 2.75) is 4.90 Å². The fraction of sp³-hybridized carbons (Fsp3) is 0. The number of aromatic nitrogens is 3. The molecule has 0 atom stereocenters. The Hall–Kier alpha value is -3.00. The van der Waals surface area contributed by atoms with Crippen LogP contribution in [0.4, 0.5) is 5.95 Å². The van der Waals surface area contributed by atoms with E-state index in [2.05, 4.69) is 20.2 Å². The molecule has 0 aliphatic rings. The Morgan fingerprint density at radius 3 is 2.43 bits per heavy atom.